The minimum atomic E-state index is -4.18. The molecule has 2 aliphatic heterocycles. The Morgan fingerprint density at radius 3 is 2.29 bits per heavy atom. The highest BCUT2D eigenvalue weighted by Crippen LogP contribution is 2.35. The number of carbonyl (C=O) groups is 1. The van der Waals surface area contributed by atoms with Crippen molar-refractivity contribution in [1.82, 2.24) is 24.8 Å². The van der Waals surface area contributed by atoms with Crippen molar-refractivity contribution in [2.24, 2.45) is 5.92 Å². The van der Waals surface area contributed by atoms with E-state index in [-0.39, 0.29) is 47.8 Å². The van der Waals surface area contributed by atoms with Crippen LogP contribution in [-0.4, -0.2) is 63.5 Å². The molecule has 11 nitrogen and oxygen atoms in total. The third-order valence-electron chi connectivity index (χ3n) is 9.52. The van der Waals surface area contributed by atoms with Crippen LogP contribution in [0, 0.1) is 19.8 Å². The number of fused-ring (bicyclic) bond motifs is 6. The number of nitrogens with one attached hydrogen (secondary N) is 1. The molecule has 3 atom stereocenters. The van der Waals surface area contributed by atoms with Crippen LogP contribution in [-0.2, 0) is 16.4 Å². The van der Waals surface area contributed by atoms with Gasteiger partial charge in [0.1, 0.15) is 11.9 Å². The van der Waals surface area contributed by atoms with Crippen molar-refractivity contribution >= 4 is 21.9 Å². The lowest BCUT2D eigenvalue weighted by atomic mass is 9.96. The summed E-state index contributed by atoms with van der Waals surface area (Å²) in [6.07, 6.45) is 9.35. The van der Waals surface area contributed by atoms with Gasteiger partial charge in [-0.3, -0.25) is 4.79 Å². The predicted octanol–water partition coefficient (Wildman–Crippen LogP) is 9.80. The zero-order chi connectivity index (χ0) is 41.0. The van der Waals surface area contributed by atoms with Crippen LogP contribution in [0.5, 0.6) is 11.6 Å². The molecular weight excluding hydrogens is 725 g/mol. The van der Waals surface area contributed by atoms with E-state index in [1.54, 1.807) is 30.6 Å². The number of anilines is 1. The van der Waals surface area contributed by atoms with E-state index >= 15 is 0 Å². The van der Waals surface area contributed by atoms with Crippen molar-refractivity contribution in [3.63, 3.8) is 0 Å². The quantitative estimate of drug-likeness (QED) is 0.164. The molecule has 1 fully saturated rings. The van der Waals surface area contributed by atoms with Gasteiger partial charge in [0.2, 0.25) is 11.8 Å². The van der Waals surface area contributed by atoms with Gasteiger partial charge in [0.05, 0.1) is 35.1 Å². The Morgan fingerprint density at radius 1 is 0.982 bits per heavy atom. The number of benzene rings is 2. The smallest absolute Gasteiger partial charge is 0.264 e. The topological polar surface area (TPSA) is 136 Å². The number of rotatable bonds is 9. The molecule has 12 heteroatoms. The first-order chi connectivity index (χ1) is 26.8. The van der Waals surface area contributed by atoms with Gasteiger partial charge < -0.3 is 14.4 Å². The van der Waals surface area contributed by atoms with Gasteiger partial charge in [-0.2, -0.15) is 4.98 Å². The normalized spacial score (nSPS) is 18.6. The van der Waals surface area contributed by atoms with Crippen LogP contribution in [0.1, 0.15) is 115 Å². The second-order valence-electron chi connectivity index (χ2n) is 15.1. The third-order valence-corrected chi connectivity index (χ3v) is 10.8. The summed E-state index contributed by atoms with van der Waals surface area (Å²) >= 11 is 0. The van der Waals surface area contributed by atoms with Gasteiger partial charge in [-0.1, -0.05) is 71.2 Å². The average molecular weight is 787 g/mol. The minimum absolute atomic E-state index is 0. The maximum absolute atomic E-state index is 14.8. The van der Waals surface area contributed by atoms with Crippen LogP contribution in [0.15, 0.2) is 79.0 Å². The Bertz CT molecular complexity index is 1990. The van der Waals surface area contributed by atoms with Gasteiger partial charge in [0, 0.05) is 31.1 Å². The van der Waals surface area contributed by atoms with Gasteiger partial charge in [0.15, 0.2) is 5.75 Å². The van der Waals surface area contributed by atoms with Crippen molar-refractivity contribution in [3.05, 3.63) is 96.6 Å². The first-order valence-electron chi connectivity index (χ1n) is 19.8. The van der Waals surface area contributed by atoms with Gasteiger partial charge in [-0.05, 0) is 88.6 Å². The van der Waals surface area contributed by atoms with Crippen LogP contribution >= 0.6 is 0 Å². The van der Waals surface area contributed by atoms with E-state index in [4.69, 9.17) is 9.47 Å². The summed E-state index contributed by atoms with van der Waals surface area (Å²) in [6, 6.07) is 13.4. The van der Waals surface area contributed by atoms with Gasteiger partial charge in [-0.25, -0.2) is 28.1 Å². The number of hydrogen-bond donors (Lipinski definition) is 1. The highest BCUT2D eigenvalue weighted by Gasteiger charge is 2.40. The van der Waals surface area contributed by atoms with E-state index in [0.29, 0.717) is 48.9 Å². The first kappa shape index (κ1) is 43.9. The van der Waals surface area contributed by atoms with Gasteiger partial charge in [0.25, 0.3) is 15.9 Å². The van der Waals surface area contributed by atoms with Crippen molar-refractivity contribution < 1.29 is 24.1 Å². The summed E-state index contributed by atoms with van der Waals surface area (Å²) in [6.45, 7) is 22.5. The number of aromatic nitrogens is 4. The molecule has 0 spiro atoms. The summed E-state index contributed by atoms with van der Waals surface area (Å²) < 4.78 is 42.8. The van der Waals surface area contributed by atoms with E-state index in [2.05, 4.69) is 65.5 Å². The molecular formula is C44H62N6O5S. The van der Waals surface area contributed by atoms with Crippen molar-refractivity contribution in [1.29, 1.82) is 0 Å². The number of nitrogens with zero attached hydrogens (tertiary/aromatic N) is 5. The number of hydrogen-bond acceptors (Lipinski definition) is 9. The summed E-state index contributed by atoms with van der Waals surface area (Å²) in [4.78, 5) is 35.2. The second-order valence-corrected chi connectivity index (χ2v) is 16.8. The fourth-order valence-corrected chi connectivity index (χ4v) is 8.19. The summed E-state index contributed by atoms with van der Waals surface area (Å²) in [5.41, 5.74) is 3.70. The van der Waals surface area contributed by atoms with Crippen LogP contribution in [0.4, 0.5) is 5.95 Å². The molecule has 2 aliphatic rings. The largest absolute Gasteiger partial charge is 0.488 e. The molecule has 4 aromatic rings. The molecule has 56 heavy (non-hydrogen) atoms. The van der Waals surface area contributed by atoms with Crippen molar-refractivity contribution in [2.75, 3.05) is 4.72 Å². The molecule has 6 bridgehead atoms. The van der Waals surface area contributed by atoms with Crippen LogP contribution in [0.3, 0.4) is 0 Å². The molecule has 3 unspecified atom stereocenters. The molecule has 0 saturated carbocycles. The monoisotopic (exact) mass is 786 g/mol. The average Bonchev–Trinajstić information content (AvgIpc) is 3.30. The number of ether oxygens (including phenoxy) is 2. The predicted molar refractivity (Wildman–Crippen MR) is 226 cm³/mol. The van der Waals surface area contributed by atoms with E-state index < -0.39 is 16.1 Å². The molecule has 1 saturated heterocycles. The third kappa shape index (κ3) is 11.4. The molecule has 0 radical (unpaired) electrons. The SMILES string of the molecule is C=C.CCC.Cc1cccc(C)c1-c1cc2nc(n1)NS(=O)(=O)c1cccc(c1)C(=O)N1C(Cc3ncc(OC(C)C)cn3)CCCC(O2)C1CCCC(C)C.[HH]. The highest BCUT2D eigenvalue weighted by molar-refractivity contribution is 7.92. The second kappa shape index (κ2) is 20.4. The lowest BCUT2D eigenvalue weighted by Gasteiger charge is -2.39. The lowest BCUT2D eigenvalue weighted by Crippen LogP contribution is -2.53. The lowest BCUT2D eigenvalue weighted by molar-refractivity contribution is 0.0297. The Balaban J connectivity index is 0.00000138. The van der Waals surface area contributed by atoms with E-state index in [1.165, 1.54) is 18.6 Å². The minimum Gasteiger partial charge on any atom is -0.488 e. The summed E-state index contributed by atoms with van der Waals surface area (Å²) in [7, 11) is -4.18. The summed E-state index contributed by atoms with van der Waals surface area (Å²) in [5, 5.41) is 0. The Morgan fingerprint density at radius 2 is 1.64 bits per heavy atom. The number of aryl methyl sites for hydroxylation is 2. The van der Waals surface area contributed by atoms with Crippen LogP contribution in [0.2, 0.25) is 0 Å². The zero-order valence-corrected chi connectivity index (χ0v) is 35.2. The molecule has 1 amide bonds. The molecule has 4 heterocycles. The molecule has 2 aromatic heterocycles. The number of sulfonamides is 1. The molecule has 6 rings (SSSR count). The van der Waals surface area contributed by atoms with E-state index in [0.717, 1.165) is 36.0 Å². The van der Waals surface area contributed by atoms with Crippen LogP contribution < -0.4 is 14.2 Å². The molecule has 304 valence electrons. The maximum atomic E-state index is 14.8. The molecule has 0 aliphatic carbocycles. The highest BCUT2D eigenvalue weighted by atomic mass is 32.2. The van der Waals surface area contributed by atoms with Crippen LogP contribution in [0.25, 0.3) is 11.3 Å². The Labute approximate surface area is 335 Å². The number of amides is 1. The van der Waals surface area contributed by atoms with Gasteiger partial charge >= 0.3 is 0 Å². The van der Waals surface area contributed by atoms with Gasteiger partial charge in [-0.15, -0.1) is 13.2 Å². The Kier molecular flexibility index (Phi) is 16.0. The fourth-order valence-electron chi connectivity index (χ4n) is 7.20. The molecule has 2 aromatic carbocycles. The molecule has 1 N–H and O–H groups in total. The standard InChI is InChI=1S/C39H48N6O5S.C3H8.C2H4.H2/c1-24(2)11-7-17-33-34-18-10-15-29(20-35-40-22-30(23-41-35)49-25(3)4)45(33)38(46)28-14-9-16-31(19-28)51(47,48)44-39-42-32(21-36(43-39)50-34)37-26(5)12-8-13-27(37)6;1-3-2;1-2;/h8-9,12-14,16,19,21-25,29,33-34H,7,10-11,15,17-18,20H2,1-6H3,(H,42,43,44);3H2,1-2H3;1-2H2;1H. The Hall–Kier alpha value is -4.84. The van der Waals surface area contributed by atoms with E-state index in [1.807, 2.05) is 50.8 Å². The number of carbonyl (C=O) groups excluding carboxylic acids is 1. The van der Waals surface area contributed by atoms with Crippen molar-refractivity contribution in [3.8, 4) is 22.9 Å². The van der Waals surface area contributed by atoms with E-state index in [9.17, 15) is 13.2 Å². The fraction of sp³-hybridized carbons (Fsp3) is 0.477. The first-order valence-corrected chi connectivity index (χ1v) is 21.3. The van der Waals surface area contributed by atoms with Crippen molar-refractivity contribution in [2.45, 2.75) is 136 Å². The maximum Gasteiger partial charge on any atom is 0.264 e. The zero-order valence-electron chi connectivity index (χ0n) is 34.4. The summed E-state index contributed by atoms with van der Waals surface area (Å²) in [5.74, 6) is 1.58.